The molecule has 1 aromatic carbocycles. The van der Waals surface area contributed by atoms with Crippen molar-refractivity contribution in [2.24, 2.45) is 5.92 Å². The van der Waals surface area contributed by atoms with Crippen molar-refractivity contribution in [3.05, 3.63) is 41.5 Å². The Kier molecular flexibility index (Phi) is 8.65. The number of para-hydroxylation sites is 1. The highest BCUT2D eigenvalue weighted by molar-refractivity contribution is 8.14. The summed E-state index contributed by atoms with van der Waals surface area (Å²) in [5.41, 5.74) is 1.68. The van der Waals surface area contributed by atoms with Gasteiger partial charge < -0.3 is 15.4 Å². The van der Waals surface area contributed by atoms with Crippen LogP contribution in [0.3, 0.4) is 0 Å². The molecule has 0 aromatic heterocycles. The van der Waals surface area contributed by atoms with E-state index in [4.69, 9.17) is 4.74 Å². The molecule has 1 unspecified atom stereocenters. The summed E-state index contributed by atoms with van der Waals surface area (Å²) in [5.74, 6) is -1.76. The fraction of sp³-hybridized carbons (Fsp3) is 0.455. The third kappa shape index (κ3) is 5.95. The number of allylic oxidation sites excluding steroid dienone is 1. The van der Waals surface area contributed by atoms with Gasteiger partial charge in [0.15, 0.2) is 11.2 Å². The van der Waals surface area contributed by atoms with Crippen LogP contribution in [-0.4, -0.2) is 40.8 Å². The second kappa shape index (κ2) is 11.0. The number of nitrogens with one attached hydrogen (secondary N) is 2. The number of anilines is 1. The van der Waals surface area contributed by atoms with E-state index >= 15 is 0 Å². The van der Waals surface area contributed by atoms with E-state index in [0.29, 0.717) is 18.5 Å². The highest BCUT2D eigenvalue weighted by Gasteiger charge is 2.35. The molecule has 0 saturated carbocycles. The molecule has 0 spiro atoms. The number of esters is 1. The molecule has 1 heterocycles. The second-order valence-corrected chi connectivity index (χ2v) is 8.40. The Balaban J connectivity index is 2.33. The first kappa shape index (κ1) is 23.7. The van der Waals surface area contributed by atoms with Crippen LogP contribution in [0.2, 0.25) is 0 Å². The van der Waals surface area contributed by atoms with E-state index in [1.54, 1.807) is 19.1 Å². The Morgan fingerprint density at radius 3 is 2.57 bits per heavy atom. The van der Waals surface area contributed by atoms with Gasteiger partial charge in [-0.1, -0.05) is 56.3 Å². The van der Waals surface area contributed by atoms with Crippen molar-refractivity contribution >= 4 is 40.3 Å². The number of rotatable bonds is 8. The molecule has 0 bridgehead atoms. The summed E-state index contributed by atoms with van der Waals surface area (Å²) in [4.78, 5) is 50.2. The summed E-state index contributed by atoms with van der Waals surface area (Å²) < 4.78 is 5.12. The van der Waals surface area contributed by atoms with Crippen LogP contribution in [0, 0.1) is 5.92 Å². The van der Waals surface area contributed by atoms with Crippen LogP contribution >= 0.6 is 11.8 Å². The molecule has 0 radical (unpaired) electrons. The van der Waals surface area contributed by atoms with Crippen molar-refractivity contribution in [1.82, 2.24) is 5.32 Å². The molecular formula is C22H28N2O5S. The van der Waals surface area contributed by atoms with Crippen LogP contribution in [-0.2, 0) is 30.3 Å². The number of hydrogen-bond donors (Lipinski definition) is 2. The van der Waals surface area contributed by atoms with Crippen LogP contribution in [0.15, 0.2) is 35.9 Å². The van der Waals surface area contributed by atoms with E-state index in [-0.39, 0.29) is 23.2 Å². The number of fused-ring (bicyclic) bond motifs is 1. The van der Waals surface area contributed by atoms with Gasteiger partial charge in [-0.05, 0) is 30.9 Å². The van der Waals surface area contributed by atoms with Gasteiger partial charge in [0.25, 0.3) is 5.91 Å². The van der Waals surface area contributed by atoms with Crippen LogP contribution in [0.5, 0.6) is 0 Å². The monoisotopic (exact) mass is 432 g/mol. The van der Waals surface area contributed by atoms with Gasteiger partial charge in [0, 0.05) is 18.2 Å². The maximum Gasteiger partial charge on any atom is 0.333 e. The molecule has 1 aromatic rings. The summed E-state index contributed by atoms with van der Waals surface area (Å²) in [5, 5.41) is 4.59. The molecule has 30 heavy (non-hydrogen) atoms. The van der Waals surface area contributed by atoms with Crippen molar-refractivity contribution in [2.75, 3.05) is 11.9 Å². The summed E-state index contributed by atoms with van der Waals surface area (Å²) in [6.45, 7) is 6.95. The second-order valence-electron chi connectivity index (χ2n) is 7.08. The van der Waals surface area contributed by atoms with E-state index in [0.717, 1.165) is 17.3 Å². The lowest BCUT2D eigenvalue weighted by atomic mass is 10.0. The smallest absolute Gasteiger partial charge is 0.333 e. The fourth-order valence-corrected chi connectivity index (χ4v) is 4.07. The SMILES string of the molecule is CCOC(=O)C(NC(=O)[C@@H](SC(C)=O)[C@@H](C)CC)C1=CCc2ccccc2NC1=O. The summed E-state index contributed by atoms with van der Waals surface area (Å²) in [6.07, 6.45) is 2.74. The lowest BCUT2D eigenvalue weighted by Gasteiger charge is -2.25. The number of hydrogen-bond acceptors (Lipinski definition) is 6. The Hall–Kier alpha value is -2.61. The molecule has 1 aliphatic rings. The predicted octanol–water partition coefficient (Wildman–Crippen LogP) is 2.85. The van der Waals surface area contributed by atoms with Gasteiger partial charge in [-0.3, -0.25) is 14.4 Å². The van der Waals surface area contributed by atoms with Gasteiger partial charge in [0.05, 0.1) is 11.9 Å². The van der Waals surface area contributed by atoms with Gasteiger partial charge in [-0.25, -0.2) is 4.79 Å². The Labute approximate surface area is 181 Å². The zero-order valence-corrected chi connectivity index (χ0v) is 18.5. The molecule has 0 aliphatic carbocycles. The van der Waals surface area contributed by atoms with Crippen molar-refractivity contribution < 1.29 is 23.9 Å². The largest absolute Gasteiger partial charge is 0.464 e. The van der Waals surface area contributed by atoms with Crippen LogP contribution in [0.4, 0.5) is 5.69 Å². The highest BCUT2D eigenvalue weighted by Crippen LogP contribution is 2.25. The molecule has 1 aliphatic heterocycles. The summed E-state index contributed by atoms with van der Waals surface area (Å²) >= 11 is 0.926. The minimum Gasteiger partial charge on any atom is -0.464 e. The fourth-order valence-electron chi connectivity index (χ4n) is 3.11. The topological polar surface area (TPSA) is 102 Å². The Bertz CT molecular complexity index is 852. The van der Waals surface area contributed by atoms with Gasteiger partial charge in [0.1, 0.15) is 0 Å². The maximum atomic E-state index is 13.0. The third-order valence-electron chi connectivity index (χ3n) is 4.90. The van der Waals surface area contributed by atoms with E-state index in [1.807, 2.05) is 32.0 Å². The van der Waals surface area contributed by atoms with Crippen LogP contribution in [0.1, 0.15) is 39.7 Å². The van der Waals surface area contributed by atoms with E-state index in [2.05, 4.69) is 10.6 Å². The molecule has 2 amide bonds. The number of amides is 2. The van der Waals surface area contributed by atoms with Gasteiger partial charge >= 0.3 is 5.97 Å². The average Bonchev–Trinajstić information content (AvgIpc) is 2.87. The zero-order valence-electron chi connectivity index (χ0n) is 17.7. The van der Waals surface area contributed by atoms with E-state index in [1.165, 1.54) is 6.92 Å². The first-order valence-corrected chi connectivity index (χ1v) is 10.9. The molecule has 0 fully saturated rings. The van der Waals surface area contributed by atoms with Crippen molar-refractivity contribution in [3.8, 4) is 0 Å². The first-order chi connectivity index (χ1) is 14.3. The lowest BCUT2D eigenvalue weighted by molar-refractivity contribution is -0.146. The maximum absolute atomic E-state index is 13.0. The minimum absolute atomic E-state index is 0.0945. The lowest BCUT2D eigenvalue weighted by Crippen LogP contribution is -2.49. The van der Waals surface area contributed by atoms with Gasteiger partial charge in [-0.15, -0.1) is 0 Å². The van der Waals surface area contributed by atoms with Crippen LogP contribution in [0.25, 0.3) is 0 Å². The van der Waals surface area contributed by atoms with Crippen molar-refractivity contribution in [2.45, 2.75) is 51.8 Å². The molecule has 2 N–H and O–H groups in total. The number of ether oxygens (including phenoxy) is 1. The predicted molar refractivity (Wildman–Crippen MR) is 117 cm³/mol. The average molecular weight is 433 g/mol. The zero-order chi connectivity index (χ0) is 22.3. The molecule has 7 nitrogen and oxygen atoms in total. The number of benzene rings is 1. The van der Waals surface area contributed by atoms with E-state index in [9.17, 15) is 19.2 Å². The molecule has 162 valence electrons. The molecule has 3 atom stereocenters. The molecule has 0 saturated heterocycles. The molecule has 2 rings (SSSR count). The van der Waals surface area contributed by atoms with Crippen molar-refractivity contribution in [1.29, 1.82) is 0 Å². The van der Waals surface area contributed by atoms with Gasteiger partial charge in [-0.2, -0.15) is 0 Å². The number of thioether (sulfide) groups is 1. The normalized spacial score (nSPS) is 16.1. The third-order valence-corrected chi connectivity index (χ3v) is 6.17. The molecular weight excluding hydrogens is 404 g/mol. The van der Waals surface area contributed by atoms with Gasteiger partial charge in [0.2, 0.25) is 5.91 Å². The number of carbonyl (C=O) groups is 4. The standard InChI is InChI=1S/C22H28N2O5S/c1-5-13(3)19(30-14(4)25)21(27)24-18(22(28)29-6-2)16-12-11-15-9-7-8-10-17(15)23-20(16)26/h7-10,12-13,18-19H,5-6,11H2,1-4H3,(H,23,26)(H,24,27)/t13-,18?,19-/m0/s1. The quantitative estimate of drug-likeness (QED) is 0.613. The molecule has 8 heteroatoms. The van der Waals surface area contributed by atoms with Crippen LogP contribution < -0.4 is 10.6 Å². The first-order valence-electron chi connectivity index (χ1n) is 10.0. The van der Waals surface area contributed by atoms with Crippen molar-refractivity contribution in [3.63, 3.8) is 0 Å². The number of carbonyl (C=O) groups excluding carboxylic acids is 4. The summed E-state index contributed by atoms with van der Waals surface area (Å²) in [7, 11) is 0. The Morgan fingerprint density at radius 2 is 1.93 bits per heavy atom. The minimum atomic E-state index is -1.26. The highest BCUT2D eigenvalue weighted by atomic mass is 32.2. The Morgan fingerprint density at radius 1 is 1.23 bits per heavy atom. The summed E-state index contributed by atoms with van der Waals surface area (Å²) in [6, 6.07) is 6.08. The van der Waals surface area contributed by atoms with E-state index < -0.39 is 29.1 Å².